The summed E-state index contributed by atoms with van der Waals surface area (Å²) in [5, 5.41) is 3.37. The highest BCUT2D eigenvalue weighted by Gasteiger charge is 1.94. The van der Waals surface area contributed by atoms with E-state index >= 15 is 0 Å². The highest BCUT2D eigenvalue weighted by atomic mass is 14.7. The monoisotopic (exact) mass is 303 g/mol. The van der Waals surface area contributed by atoms with Crippen LogP contribution in [-0.4, -0.2) is 15.0 Å². The minimum absolute atomic E-state index is 0.965. The van der Waals surface area contributed by atoms with Gasteiger partial charge < -0.3 is 0 Å². The largest absolute Gasteiger partial charge is 0.262 e. The first-order valence-electron chi connectivity index (χ1n) is 7.53. The molecule has 0 saturated heterocycles. The van der Waals surface area contributed by atoms with Gasteiger partial charge in [-0.15, -0.1) is 0 Å². The van der Waals surface area contributed by atoms with Crippen LogP contribution in [0.15, 0.2) is 61.7 Å². The number of aromatic nitrogens is 3. The van der Waals surface area contributed by atoms with E-state index in [9.17, 15) is 0 Å². The zero-order valence-electron chi connectivity index (χ0n) is 13.8. The Labute approximate surface area is 136 Å². The third-order valence-electron chi connectivity index (χ3n) is 3.61. The Morgan fingerprint density at radius 2 is 1.91 bits per heavy atom. The SMILES string of the molecule is C=C/C(C)=c1/cccn/c1=C/C.Cc1ccnc2cnccc12. The van der Waals surface area contributed by atoms with Crippen molar-refractivity contribution in [3.05, 3.63) is 77.8 Å². The average molecular weight is 303 g/mol. The lowest BCUT2D eigenvalue weighted by Crippen LogP contribution is -2.28. The molecule has 0 amide bonds. The first-order chi connectivity index (χ1) is 11.2. The molecular weight excluding hydrogens is 282 g/mol. The summed E-state index contributed by atoms with van der Waals surface area (Å²) in [7, 11) is 0. The minimum Gasteiger partial charge on any atom is -0.262 e. The normalized spacial score (nSPS) is 12.4. The number of hydrogen-bond acceptors (Lipinski definition) is 3. The van der Waals surface area contributed by atoms with Gasteiger partial charge in [-0.2, -0.15) is 0 Å². The van der Waals surface area contributed by atoms with Gasteiger partial charge in [0.05, 0.1) is 17.1 Å². The van der Waals surface area contributed by atoms with E-state index in [1.165, 1.54) is 10.9 Å². The second-order valence-corrected chi connectivity index (χ2v) is 5.13. The van der Waals surface area contributed by atoms with E-state index in [1.54, 1.807) is 24.8 Å². The van der Waals surface area contributed by atoms with Gasteiger partial charge in [0, 0.05) is 29.2 Å². The molecule has 3 nitrogen and oxygen atoms in total. The Morgan fingerprint density at radius 3 is 2.61 bits per heavy atom. The minimum atomic E-state index is 0.965. The molecule has 0 aliphatic carbocycles. The van der Waals surface area contributed by atoms with Gasteiger partial charge in [-0.25, -0.2) is 0 Å². The molecule has 0 fully saturated rings. The van der Waals surface area contributed by atoms with Gasteiger partial charge in [0.25, 0.3) is 0 Å². The topological polar surface area (TPSA) is 38.7 Å². The van der Waals surface area contributed by atoms with Crippen LogP contribution < -0.4 is 10.6 Å². The van der Waals surface area contributed by atoms with Crippen molar-refractivity contribution < 1.29 is 0 Å². The number of allylic oxidation sites excluding steroid dienone is 1. The highest BCUT2D eigenvalue weighted by molar-refractivity contribution is 5.80. The molecule has 0 aromatic carbocycles. The van der Waals surface area contributed by atoms with Crippen LogP contribution >= 0.6 is 0 Å². The van der Waals surface area contributed by atoms with Crippen molar-refractivity contribution in [2.45, 2.75) is 20.8 Å². The van der Waals surface area contributed by atoms with Crippen LogP contribution in [0.2, 0.25) is 0 Å². The van der Waals surface area contributed by atoms with Crippen molar-refractivity contribution in [2.75, 3.05) is 0 Å². The summed E-state index contributed by atoms with van der Waals surface area (Å²) < 4.78 is 0. The molecule has 0 bridgehead atoms. The number of aryl methyl sites for hydroxylation is 1. The van der Waals surface area contributed by atoms with E-state index in [2.05, 4.69) is 34.5 Å². The lowest BCUT2D eigenvalue weighted by atomic mass is 10.2. The quantitative estimate of drug-likeness (QED) is 0.693. The standard InChI is InChI=1S/C11H13N.C9H8N2/c1-4-9(3)10-7-6-8-12-11(10)5-2;1-7-2-5-11-9-6-10-4-3-8(7)9/h4-8H,1H2,2-3H3;2-6H,1H3/b10-9-,11-5+;. The number of fused-ring (bicyclic) bond motifs is 1. The molecule has 0 spiro atoms. The highest BCUT2D eigenvalue weighted by Crippen LogP contribution is 2.12. The molecule has 3 aromatic heterocycles. The van der Waals surface area contributed by atoms with Crippen LogP contribution in [0.4, 0.5) is 0 Å². The number of hydrogen-bond donors (Lipinski definition) is 0. The number of nitrogens with zero attached hydrogens (tertiary/aromatic N) is 3. The third kappa shape index (κ3) is 4.10. The maximum absolute atomic E-state index is 4.24. The molecule has 3 heteroatoms. The molecule has 0 radical (unpaired) electrons. The van der Waals surface area contributed by atoms with Crippen LogP contribution in [0.25, 0.3) is 22.6 Å². The van der Waals surface area contributed by atoms with Crippen molar-refractivity contribution >= 4 is 22.6 Å². The average Bonchev–Trinajstić information content (AvgIpc) is 2.62. The second kappa shape index (κ2) is 7.99. The van der Waals surface area contributed by atoms with Crippen molar-refractivity contribution in [3.8, 4) is 0 Å². The molecule has 0 aliphatic heterocycles. The van der Waals surface area contributed by atoms with Gasteiger partial charge in [-0.05, 0) is 50.1 Å². The first-order valence-corrected chi connectivity index (χ1v) is 7.53. The van der Waals surface area contributed by atoms with E-state index in [0.29, 0.717) is 0 Å². The molecule has 0 saturated carbocycles. The predicted molar refractivity (Wildman–Crippen MR) is 97.2 cm³/mol. The summed E-state index contributed by atoms with van der Waals surface area (Å²) in [6, 6.07) is 7.98. The van der Waals surface area contributed by atoms with Crippen LogP contribution in [-0.2, 0) is 0 Å². The fraction of sp³-hybridized carbons (Fsp3) is 0.150. The Hall–Kier alpha value is -2.81. The van der Waals surface area contributed by atoms with Gasteiger partial charge >= 0.3 is 0 Å². The molecule has 3 heterocycles. The van der Waals surface area contributed by atoms with E-state index < -0.39 is 0 Å². The van der Waals surface area contributed by atoms with Crippen LogP contribution in [0, 0.1) is 6.92 Å². The third-order valence-corrected chi connectivity index (χ3v) is 3.61. The second-order valence-electron chi connectivity index (χ2n) is 5.13. The molecule has 0 unspecified atom stereocenters. The fourth-order valence-corrected chi connectivity index (χ4v) is 2.23. The maximum atomic E-state index is 4.24. The van der Waals surface area contributed by atoms with Crippen LogP contribution in [0.1, 0.15) is 19.4 Å². The summed E-state index contributed by atoms with van der Waals surface area (Å²) >= 11 is 0. The van der Waals surface area contributed by atoms with Crippen molar-refractivity contribution in [2.24, 2.45) is 0 Å². The molecule has 0 N–H and O–H groups in total. The summed E-state index contributed by atoms with van der Waals surface area (Å²) in [6.45, 7) is 9.83. The summed E-state index contributed by atoms with van der Waals surface area (Å²) in [5.41, 5.74) is 3.38. The van der Waals surface area contributed by atoms with Crippen LogP contribution in [0.3, 0.4) is 0 Å². The Morgan fingerprint density at radius 1 is 1.09 bits per heavy atom. The fourth-order valence-electron chi connectivity index (χ4n) is 2.23. The number of rotatable bonds is 1. The van der Waals surface area contributed by atoms with E-state index in [-0.39, 0.29) is 0 Å². The van der Waals surface area contributed by atoms with Gasteiger partial charge in [0.2, 0.25) is 0 Å². The zero-order valence-corrected chi connectivity index (χ0v) is 13.8. The molecule has 116 valence electrons. The van der Waals surface area contributed by atoms with Crippen LogP contribution in [0.5, 0.6) is 0 Å². The molecule has 23 heavy (non-hydrogen) atoms. The molecular formula is C20H21N3. The summed E-state index contributed by atoms with van der Waals surface area (Å²) in [5.74, 6) is 0. The van der Waals surface area contributed by atoms with E-state index in [0.717, 1.165) is 21.7 Å². The Kier molecular flexibility index (Phi) is 5.75. The van der Waals surface area contributed by atoms with Crippen molar-refractivity contribution in [1.82, 2.24) is 15.0 Å². The maximum Gasteiger partial charge on any atom is 0.0887 e. The zero-order chi connectivity index (χ0) is 16.7. The van der Waals surface area contributed by atoms with E-state index in [4.69, 9.17) is 0 Å². The van der Waals surface area contributed by atoms with Gasteiger partial charge in [0.15, 0.2) is 0 Å². The molecule has 0 aliphatic rings. The van der Waals surface area contributed by atoms with Gasteiger partial charge in [0.1, 0.15) is 0 Å². The predicted octanol–water partition coefficient (Wildman–Crippen LogP) is 3.18. The first kappa shape index (κ1) is 16.6. The lowest BCUT2D eigenvalue weighted by molar-refractivity contribution is 1.21. The molecule has 3 aromatic rings. The van der Waals surface area contributed by atoms with Gasteiger partial charge in [-0.1, -0.05) is 24.8 Å². The summed E-state index contributed by atoms with van der Waals surface area (Å²) in [4.78, 5) is 12.4. The van der Waals surface area contributed by atoms with Gasteiger partial charge in [-0.3, -0.25) is 15.0 Å². The Balaban J connectivity index is 0.000000167. The lowest BCUT2D eigenvalue weighted by Gasteiger charge is -1.97. The van der Waals surface area contributed by atoms with E-state index in [1.807, 2.05) is 44.2 Å². The molecule has 0 atom stereocenters. The summed E-state index contributed by atoms with van der Waals surface area (Å²) in [6.07, 6.45) is 11.0. The smallest absolute Gasteiger partial charge is 0.0887 e. The Bertz CT molecular complexity index is 922. The van der Waals surface area contributed by atoms with Crippen molar-refractivity contribution in [1.29, 1.82) is 0 Å². The number of pyridine rings is 3. The van der Waals surface area contributed by atoms with Crippen molar-refractivity contribution in [3.63, 3.8) is 0 Å². The molecule has 3 rings (SSSR count).